The maximum absolute atomic E-state index is 12.3. The van der Waals surface area contributed by atoms with Crippen LogP contribution in [0.2, 0.25) is 0 Å². The summed E-state index contributed by atoms with van der Waals surface area (Å²) >= 11 is 0. The largest absolute Gasteiger partial charge is 0.457 e. The predicted molar refractivity (Wildman–Crippen MR) is 91.2 cm³/mol. The zero-order valence-corrected chi connectivity index (χ0v) is 15.0. The Balaban J connectivity index is 1.87. The third-order valence-electron chi connectivity index (χ3n) is 4.19. The number of aryl methyl sites for hydroxylation is 4. The zero-order valence-electron chi connectivity index (χ0n) is 15.0. The molecule has 0 aliphatic heterocycles. The number of nitrogens with zero attached hydrogens (tertiary/aromatic N) is 3. The topological polar surface area (TPSA) is 66.1 Å². The summed E-state index contributed by atoms with van der Waals surface area (Å²) in [6.45, 7) is 10.8. The molecule has 2 heterocycles. The molecular weight excluding hydrogens is 306 g/mol. The summed E-state index contributed by atoms with van der Waals surface area (Å²) in [5, 5.41) is 4.30. The van der Waals surface area contributed by atoms with E-state index in [1.165, 1.54) is 0 Å². The molecule has 0 aliphatic carbocycles. The van der Waals surface area contributed by atoms with Crippen LogP contribution in [0.4, 0.5) is 0 Å². The van der Waals surface area contributed by atoms with Crippen LogP contribution in [0.15, 0.2) is 12.1 Å². The van der Waals surface area contributed by atoms with Gasteiger partial charge >= 0.3 is 5.97 Å². The van der Waals surface area contributed by atoms with Gasteiger partial charge in [-0.05, 0) is 46.8 Å². The van der Waals surface area contributed by atoms with Crippen LogP contribution < -0.4 is 0 Å². The van der Waals surface area contributed by atoms with E-state index >= 15 is 0 Å². The lowest BCUT2D eigenvalue weighted by Gasteiger charge is -2.07. The number of hydrogen-bond donors (Lipinski definition) is 0. The van der Waals surface area contributed by atoms with Crippen LogP contribution in [-0.4, -0.2) is 32.7 Å². The molecule has 0 fully saturated rings. The number of ether oxygens (including phenoxy) is 1. The monoisotopic (exact) mass is 331 g/mol. The Morgan fingerprint density at radius 1 is 1.12 bits per heavy atom. The molecule has 0 atom stereocenters. The van der Waals surface area contributed by atoms with E-state index in [0.717, 1.165) is 29.3 Å². The molecular formula is C18H25N3O3. The maximum atomic E-state index is 12.3. The van der Waals surface area contributed by atoms with Gasteiger partial charge in [0.25, 0.3) is 0 Å². The van der Waals surface area contributed by atoms with Crippen LogP contribution in [-0.2, 0) is 22.6 Å². The molecule has 2 aromatic heterocycles. The number of ketones is 1. The summed E-state index contributed by atoms with van der Waals surface area (Å²) in [5.74, 6) is -0.553. The first-order valence-corrected chi connectivity index (χ1v) is 8.20. The molecule has 0 aromatic carbocycles. The van der Waals surface area contributed by atoms with Gasteiger partial charge in [-0.3, -0.25) is 14.3 Å². The van der Waals surface area contributed by atoms with Crippen molar-refractivity contribution >= 4 is 11.8 Å². The molecule has 2 rings (SSSR count). The normalized spacial score (nSPS) is 10.9. The third kappa shape index (κ3) is 3.93. The van der Waals surface area contributed by atoms with Crippen molar-refractivity contribution in [3.8, 4) is 0 Å². The zero-order chi connectivity index (χ0) is 17.9. The Morgan fingerprint density at radius 2 is 1.83 bits per heavy atom. The molecule has 0 spiro atoms. The van der Waals surface area contributed by atoms with Crippen molar-refractivity contribution in [2.75, 3.05) is 6.61 Å². The van der Waals surface area contributed by atoms with Crippen molar-refractivity contribution in [2.45, 2.75) is 54.1 Å². The SMILES string of the molecule is CCn1c(C)cc(C(=O)COC(=O)CCn2nc(C)cc2C)c1C. The molecule has 0 radical (unpaired) electrons. The van der Waals surface area contributed by atoms with Gasteiger partial charge in [0.1, 0.15) is 0 Å². The highest BCUT2D eigenvalue weighted by Crippen LogP contribution is 2.15. The summed E-state index contributed by atoms with van der Waals surface area (Å²) in [5.41, 5.74) is 4.50. The highest BCUT2D eigenvalue weighted by molar-refractivity contribution is 5.99. The highest BCUT2D eigenvalue weighted by Gasteiger charge is 2.17. The lowest BCUT2D eigenvalue weighted by Crippen LogP contribution is -2.17. The van der Waals surface area contributed by atoms with E-state index in [1.807, 2.05) is 46.8 Å². The van der Waals surface area contributed by atoms with Crippen molar-refractivity contribution < 1.29 is 14.3 Å². The van der Waals surface area contributed by atoms with Gasteiger partial charge in [0.05, 0.1) is 18.7 Å². The fraction of sp³-hybridized carbons (Fsp3) is 0.500. The molecule has 0 saturated carbocycles. The summed E-state index contributed by atoms with van der Waals surface area (Å²) in [6, 6.07) is 3.81. The molecule has 0 bridgehead atoms. The molecule has 130 valence electrons. The van der Waals surface area contributed by atoms with Gasteiger partial charge in [-0.2, -0.15) is 5.10 Å². The first-order valence-electron chi connectivity index (χ1n) is 8.20. The van der Waals surface area contributed by atoms with Gasteiger partial charge in [0, 0.05) is 29.2 Å². The summed E-state index contributed by atoms with van der Waals surface area (Å²) in [7, 11) is 0. The molecule has 6 nitrogen and oxygen atoms in total. The highest BCUT2D eigenvalue weighted by atomic mass is 16.5. The van der Waals surface area contributed by atoms with Gasteiger partial charge in [-0.25, -0.2) is 0 Å². The molecule has 0 amide bonds. The number of aromatic nitrogens is 3. The van der Waals surface area contributed by atoms with Gasteiger partial charge in [-0.1, -0.05) is 0 Å². The van der Waals surface area contributed by atoms with Crippen LogP contribution in [0.1, 0.15) is 46.5 Å². The Bertz CT molecular complexity index is 756. The van der Waals surface area contributed by atoms with E-state index in [4.69, 9.17) is 4.74 Å². The van der Waals surface area contributed by atoms with Gasteiger partial charge in [-0.15, -0.1) is 0 Å². The molecule has 6 heteroatoms. The number of esters is 1. The average Bonchev–Trinajstić information content (AvgIpc) is 3.00. The number of carbonyl (C=O) groups excluding carboxylic acids is 2. The molecule has 0 N–H and O–H groups in total. The minimum absolute atomic E-state index is 0.165. The van der Waals surface area contributed by atoms with Crippen LogP contribution in [0, 0.1) is 27.7 Å². The molecule has 0 aliphatic rings. The lowest BCUT2D eigenvalue weighted by atomic mass is 10.1. The van der Waals surface area contributed by atoms with Crippen molar-refractivity contribution in [3.05, 3.63) is 40.5 Å². The quantitative estimate of drug-likeness (QED) is 0.578. The van der Waals surface area contributed by atoms with Crippen LogP contribution in [0.25, 0.3) is 0 Å². The van der Waals surface area contributed by atoms with E-state index < -0.39 is 0 Å². The van der Waals surface area contributed by atoms with Gasteiger partial charge in [0.15, 0.2) is 6.61 Å². The summed E-state index contributed by atoms with van der Waals surface area (Å²) < 4.78 is 8.96. The fourth-order valence-electron chi connectivity index (χ4n) is 2.96. The number of rotatable bonds is 7. The van der Waals surface area contributed by atoms with Crippen LogP contribution in [0.3, 0.4) is 0 Å². The Morgan fingerprint density at radius 3 is 2.38 bits per heavy atom. The van der Waals surface area contributed by atoms with E-state index in [1.54, 1.807) is 4.68 Å². The van der Waals surface area contributed by atoms with E-state index in [-0.39, 0.29) is 24.8 Å². The minimum Gasteiger partial charge on any atom is -0.457 e. The predicted octanol–water partition coefficient (Wildman–Crippen LogP) is 2.75. The Hall–Kier alpha value is -2.37. The second-order valence-electron chi connectivity index (χ2n) is 6.01. The molecule has 0 saturated heterocycles. The second-order valence-corrected chi connectivity index (χ2v) is 6.01. The van der Waals surface area contributed by atoms with Crippen LogP contribution >= 0.6 is 0 Å². The molecule has 0 unspecified atom stereocenters. The van der Waals surface area contributed by atoms with Crippen LogP contribution in [0.5, 0.6) is 0 Å². The first kappa shape index (κ1) is 18.0. The fourth-order valence-corrected chi connectivity index (χ4v) is 2.96. The average molecular weight is 331 g/mol. The molecule has 24 heavy (non-hydrogen) atoms. The standard InChI is InChI=1S/C18H25N3O3/c1-6-20-13(3)10-16(15(20)5)17(22)11-24-18(23)7-8-21-14(4)9-12(2)19-21/h9-10H,6-8,11H2,1-5H3. The van der Waals surface area contributed by atoms with Gasteiger partial charge < -0.3 is 9.30 Å². The Labute approximate surface area is 142 Å². The van der Waals surface area contributed by atoms with E-state index in [0.29, 0.717) is 12.1 Å². The van der Waals surface area contributed by atoms with Crippen molar-refractivity contribution in [1.29, 1.82) is 0 Å². The number of Topliss-reactive ketones (excluding diaryl/α,β-unsaturated/α-hetero) is 1. The minimum atomic E-state index is -0.389. The van der Waals surface area contributed by atoms with Crippen molar-refractivity contribution in [2.24, 2.45) is 0 Å². The van der Waals surface area contributed by atoms with Crippen molar-refractivity contribution in [1.82, 2.24) is 14.3 Å². The summed E-state index contributed by atoms with van der Waals surface area (Å²) in [6.07, 6.45) is 0.198. The number of carbonyl (C=O) groups is 2. The smallest absolute Gasteiger partial charge is 0.308 e. The van der Waals surface area contributed by atoms with E-state index in [9.17, 15) is 9.59 Å². The Kier molecular flexibility index (Phi) is 5.59. The van der Waals surface area contributed by atoms with Gasteiger partial charge in [0.2, 0.25) is 5.78 Å². The van der Waals surface area contributed by atoms with E-state index in [2.05, 4.69) is 9.67 Å². The van der Waals surface area contributed by atoms with Crippen molar-refractivity contribution in [3.63, 3.8) is 0 Å². The first-order chi connectivity index (χ1) is 11.3. The molecule has 2 aromatic rings. The second kappa shape index (κ2) is 7.47. The lowest BCUT2D eigenvalue weighted by molar-refractivity contribution is -0.142. The summed E-state index contributed by atoms with van der Waals surface area (Å²) in [4.78, 5) is 24.1. The maximum Gasteiger partial charge on any atom is 0.308 e. The third-order valence-corrected chi connectivity index (χ3v) is 4.19. The number of hydrogen-bond acceptors (Lipinski definition) is 4.